The van der Waals surface area contributed by atoms with E-state index in [1.807, 2.05) is 0 Å². The fourth-order valence-corrected chi connectivity index (χ4v) is 4.45. The number of carboxylic acids is 1. The lowest BCUT2D eigenvalue weighted by atomic mass is 10.1. The highest BCUT2D eigenvalue weighted by molar-refractivity contribution is 5.94. The van der Waals surface area contributed by atoms with Crippen LogP contribution in [0.1, 0.15) is 21.5 Å². The number of nitro benzene ring substituents is 1. The molecule has 0 aliphatic carbocycles. The number of rotatable bonds is 4. The zero-order chi connectivity index (χ0) is 25.9. The Morgan fingerprint density at radius 3 is 2.44 bits per heavy atom. The van der Waals surface area contributed by atoms with E-state index in [1.54, 1.807) is 6.07 Å². The predicted molar refractivity (Wildman–Crippen MR) is 119 cm³/mol. The number of aromatic carboxylic acids is 1. The summed E-state index contributed by atoms with van der Waals surface area (Å²) in [5.41, 5.74) is -3.38. The molecule has 0 saturated carbocycles. The highest BCUT2D eigenvalue weighted by atomic mass is 19.1. The summed E-state index contributed by atoms with van der Waals surface area (Å²) in [4.78, 5) is 36.3. The molecular formula is C24H13F4N3O5. The van der Waals surface area contributed by atoms with Crippen molar-refractivity contribution >= 4 is 28.2 Å². The van der Waals surface area contributed by atoms with Gasteiger partial charge in [0.2, 0.25) is 5.43 Å². The Bertz CT molecular complexity index is 1690. The summed E-state index contributed by atoms with van der Waals surface area (Å²) in [6, 6.07) is 7.16. The van der Waals surface area contributed by atoms with Crippen LogP contribution in [0, 0.1) is 33.4 Å². The van der Waals surface area contributed by atoms with Crippen LogP contribution in [-0.4, -0.2) is 20.6 Å². The number of pyridine rings is 1. The van der Waals surface area contributed by atoms with Gasteiger partial charge in [-0.1, -0.05) is 12.1 Å². The van der Waals surface area contributed by atoms with Gasteiger partial charge >= 0.3 is 5.97 Å². The molecule has 0 unspecified atom stereocenters. The van der Waals surface area contributed by atoms with Crippen LogP contribution in [0.5, 0.6) is 0 Å². The number of hydrogen-bond donors (Lipinski definition) is 1. The number of nitro groups is 1. The third-order valence-electron chi connectivity index (χ3n) is 6.03. The lowest BCUT2D eigenvalue weighted by Crippen LogP contribution is -2.23. The van der Waals surface area contributed by atoms with Crippen molar-refractivity contribution in [2.75, 3.05) is 4.90 Å². The molecule has 0 spiro atoms. The van der Waals surface area contributed by atoms with Crippen molar-refractivity contribution in [1.82, 2.24) is 4.57 Å². The van der Waals surface area contributed by atoms with Crippen LogP contribution >= 0.6 is 0 Å². The molecule has 0 saturated heterocycles. The van der Waals surface area contributed by atoms with E-state index in [1.165, 1.54) is 17.0 Å². The molecule has 1 N–H and O–H groups in total. The van der Waals surface area contributed by atoms with E-state index in [0.29, 0.717) is 28.5 Å². The molecule has 1 aromatic heterocycles. The minimum atomic E-state index is -1.72. The van der Waals surface area contributed by atoms with Gasteiger partial charge in [0, 0.05) is 24.9 Å². The Morgan fingerprint density at radius 2 is 1.78 bits per heavy atom. The maximum Gasteiger partial charge on any atom is 0.341 e. The van der Waals surface area contributed by atoms with Crippen molar-refractivity contribution in [1.29, 1.82) is 0 Å². The molecule has 36 heavy (non-hydrogen) atoms. The first-order valence-corrected chi connectivity index (χ1v) is 10.3. The Labute approximate surface area is 198 Å². The lowest BCUT2D eigenvalue weighted by Gasteiger charge is -2.22. The van der Waals surface area contributed by atoms with Crippen molar-refractivity contribution < 1.29 is 32.4 Å². The van der Waals surface area contributed by atoms with E-state index < -0.39 is 67.4 Å². The van der Waals surface area contributed by atoms with Gasteiger partial charge < -0.3 is 14.6 Å². The number of fused-ring (bicyclic) bond motifs is 2. The second-order valence-electron chi connectivity index (χ2n) is 8.09. The monoisotopic (exact) mass is 499 g/mol. The first-order chi connectivity index (χ1) is 17.1. The third-order valence-corrected chi connectivity index (χ3v) is 6.03. The van der Waals surface area contributed by atoms with Gasteiger partial charge in [-0.25, -0.2) is 22.4 Å². The first kappa shape index (κ1) is 23.0. The molecule has 0 amide bonds. The molecule has 0 fully saturated rings. The summed E-state index contributed by atoms with van der Waals surface area (Å²) in [6.45, 7) is -0.326. The molecule has 5 rings (SSSR count). The minimum absolute atomic E-state index is 0.0985. The number of aromatic nitrogens is 1. The van der Waals surface area contributed by atoms with Gasteiger partial charge in [0.15, 0.2) is 5.82 Å². The third kappa shape index (κ3) is 3.45. The normalized spacial score (nSPS) is 12.7. The molecule has 0 radical (unpaired) electrons. The Hall–Kier alpha value is -4.74. The molecule has 2 heterocycles. The fourth-order valence-electron chi connectivity index (χ4n) is 4.45. The van der Waals surface area contributed by atoms with Gasteiger partial charge in [-0.05, 0) is 23.8 Å². The number of nitrogens with zero attached hydrogens (tertiary/aromatic N) is 3. The topological polar surface area (TPSA) is 106 Å². The number of carbonyl (C=O) groups is 1. The van der Waals surface area contributed by atoms with Gasteiger partial charge in [0.25, 0.3) is 5.69 Å². The van der Waals surface area contributed by atoms with Crippen LogP contribution in [0.25, 0.3) is 16.6 Å². The number of anilines is 1. The quantitative estimate of drug-likeness (QED) is 0.249. The average molecular weight is 499 g/mol. The van der Waals surface area contributed by atoms with E-state index in [4.69, 9.17) is 0 Å². The molecule has 12 heteroatoms. The zero-order valence-electron chi connectivity index (χ0n) is 18.0. The van der Waals surface area contributed by atoms with Gasteiger partial charge in [0.05, 0.1) is 33.6 Å². The van der Waals surface area contributed by atoms with Crippen LogP contribution in [0.2, 0.25) is 0 Å². The van der Waals surface area contributed by atoms with E-state index in [9.17, 15) is 33.6 Å². The molecule has 1 aliphatic heterocycles. The summed E-state index contributed by atoms with van der Waals surface area (Å²) in [5, 5.41) is 20.1. The van der Waals surface area contributed by atoms with Crippen LogP contribution in [0.4, 0.5) is 28.9 Å². The van der Waals surface area contributed by atoms with Crippen LogP contribution in [0.3, 0.4) is 0 Å². The standard InChI is InChI=1S/C24H13F4N3O5/c25-12-4-5-19(16(26)6-12)30-10-15(24(33)34)23(32)13-7-17(27)22(20(28)21(13)30)29-8-11-2-1-3-18(31(35)36)14(11)9-29/h1-7,10H,8-9H2,(H,33,34). The van der Waals surface area contributed by atoms with E-state index in [2.05, 4.69) is 0 Å². The smallest absolute Gasteiger partial charge is 0.341 e. The largest absolute Gasteiger partial charge is 0.477 e. The number of benzene rings is 3. The minimum Gasteiger partial charge on any atom is -0.477 e. The summed E-state index contributed by atoms with van der Waals surface area (Å²) < 4.78 is 60.1. The van der Waals surface area contributed by atoms with Crippen molar-refractivity contribution in [2.45, 2.75) is 13.1 Å². The van der Waals surface area contributed by atoms with Crippen molar-refractivity contribution in [3.05, 3.63) is 109 Å². The van der Waals surface area contributed by atoms with Crippen LogP contribution in [-0.2, 0) is 13.1 Å². The SMILES string of the molecule is O=C(O)c1cn(-c2ccc(F)cc2F)c2c(F)c(N3Cc4cccc([N+](=O)[O-])c4C3)c(F)cc2c1=O. The van der Waals surface area contributed by atoms with Crippen molar-refractivity contribution in [3.8, 4) is 5.69 Å². The second-order valence-corrected chi connectivity index (χ2v) is 8.09. The van der Waals surface area contributed by atoms with E-state index >= 15 is 8.78 Å². The highest BCUT2D eigenvalue weighted by Crippen LogP contribution is 2.38. The maximum atomic E-state index is 16.0. The molecule has 0 atom stereocenters. The predicted octanol–water partition coefficient (Wildman–Crippen LogP) is 4.67. The zero-order valence-corrected chi connectivity index (χ0v) is 18.0. The van der Waals surface area contributed by atoms with Gasteiger partial charge in [0.1, 0.15) is 28.7 Å². The molecular weight excluding hydrogens is 486 g/mol. The summed E-state index contributed by atoms with van der Waals surface area (Å²) in [6.07, 6.45) is 0.678. The fraction of sp³-hybridized carbons (Fsp3) is 0.0833. The second kappa shape index (κ2) is 8.18. The maximum absolute atomic E-state index is 16.0. The highest BCUT2D eigenvalue weighted by Gasteiger charge is 2.32. The first-order valence-electron chi connectivity index (χ1n) is 10.3. The Kier molecular flexibility index (Phi) is 5.23. The molecule has 4 aromatic rings. The number of carboxylic acid groups (broad SMARTS) is 1. The molecule has 0 bridgehead atoms. The molecule has 1 aliphatic rings. The number of halogens is 4. The van der Waals surface area contributed by atoms with Gasteiger partial charge in [-0.2, -0.15) is 0 Å². The Balaban J connectivity index is 1.79. The van der Waals surface area contributed by atoms with E-state index in [0.717, 1.165) is 12.1 Å². The average Bonchev–Trinajstić information content (AvgIpc) is 3.23. The number of hydrogen-bond acceptors (Lipinski definition) is 5. The van der Waals surface area contributed by atoms with E-state index in [-0.39, 0.29) is 24.3 Å². The molecule has 8 nitrogen and oxygen atoms in total. The Morgan fingerprint density at radius 1 is 1.03 bits per heavy atom. The summed E-state index contributed by atoms with van der Waals surface area (Å²) in [5.74, 6) is -6.40. The lowest BCUT2D eigenvalue weighted by molar-refractivity contribution is -0.385. The van der Waals surface area contributed by atoms with Crippen molar-refractivity contribution in [3.63, 3.8) is 0 Å². The molecule has 182 valence electrons. The molecule has 3 aromatic carbocycles. The summed E-state index contributed by atoms with van der Waals surface area (Å²) >= 11 is 0. The van der Waals surface area contributed by atoms with Crippen molar-refractivity contribution in [2.24, 2.45) is 0 Å². The van der Waals surface area contributed by atoms with Crippen LogP contribution in [0.15, 0.2) is 53.5 Å². The van der Waals surface area contributed by atoms with Gasteiger partial charge in [-0.15, -0.1) is 0 Å². The summed E-state index contributed by atoms with van der Waals surface area (Å²) in [7, 11) is 0. The van der Waals surface area contributed by atoms with Gasteiger partial charge in [-0.3, -0.25) is 14.9 Å². The van der Waals surface area contributed by atoms with Crippen LogP contribution < -0.4 is 10.3 Å².